The number of ether oxygens (including phenoxy) is 1. The molecule has 9 heteroatoms. The van der Waals surface area contributed by atoms with Crippen molar-refractivity contribution in [2.45, 2.75) is 45.1 Å². The van der Waals surface area contributed by atoms with Gasteiger partial charge in [0.2, 0.25) is 5.91 Å². The number of aryl methyl sites for hydroxylation is 1. The molecule has 1 aliphatic carbocycles. The molecule has 1 aliphatic heterocycles. The molecule has 8 nitrogen and oxygen atoms in total. The summed E-state index contributed by atoms with van der Waals surface area (Å²) in [5.74, 6) is 0.686. The minimum Gasteiger partial charge on any atom is -0.490 e. The molecule has 170 valence electrons. The number of carbonyl (C=O) groups is 2. The minimum atomic E-state index is -0.459. The van der Waals surface area contributed by atoms with Crippen LogP contribution >= 0.6 is 0 Å². The van der Waals surface area contributed by atoms with Gasteiger partial charge in [0.05, 0.1) is 6.61 Å². The largest absolute Gasteiger partial charge is 0.490 e. The molecule has 1 aromatic carbocycles. The van der Waals surface area contributed by atoms with Crippen molar-refractivity contribution < 1.29 is 18.7 Å². The van der Waals surface area contributed by atoms with Crippen LogP contribution in [-0.2, 0) is 11.2 Å². The third-order valence-corrected chi connectivity index (χ3v) is 5.72. The van der Waals surface area contributed by atoms with Gasteiger partial charge in [-0.1, -0.05) is 6.07 Å². The lowest BCUT2D eigenvalue weighted by atomic mass is 10.1. The predicted octanol–water partition coefficient (Wildman–Crippen LogP) is 3.13. The highest BCUT2D eigenvalue weighted by Gasteiger charge is 2.29. The van der Waals surface area contributed by atoms with Crippen molar-refractivity contribution in [1.29, 1.82) is 0 Å². The SMILES string of the molecule is C[C@@H](NCCCCc1cc(N2CC(=O)NC2=O)ncn1)c1ccc(F)c(OCC2CC2)c1. The summed E-state index contributed by atoms with van der Waals surface area (Å²) in [6.07, 6.45) is 6.33. The number of urea groups is 1. The van der Waals surface area contributed by atoms with Crippen LogP contribution in [0.25, 0.3) is 0 Å². The first-order valence-electron chi connectivity index (χ1n) is 11.1. The number of halogens is 1. The smallest absolute Gasteiger partial charge is 0.330 e. The molecule has 1 aromatic heterocycles. The van der Waals surface area contributed by atoms with E-state index in [1.165, 1.54) is 30.1 Å². The molecule has 0 spiro atoms. The van der Waals surface area contributed by atoms with Gasteiger partial charge >= 0.3 is 6.03 Å². The Morgan fingerprint density at radius 1 is 1.25 bits per heavy atom. The first-order chi connectivity index (χ1) is 15.5. The standard InChI is InChI=1S/C23H28FN5O3/c1-15(17-7-8-19(24)20(10-17)32-13-16-5-6-16)25-9-3-2-4-18-11-21(27-14-26-18)29-12-22(30)28-23(29)31/h7-8,10-11,14-16,25H,2-6,9,12-13H2,1H3,(H,28,30,31)/t15-/m1/s1. The molecule has 0 bridgehead atoms. The summed E-state index contributed by atoms with van der Waals surface area (Å²) < 4.78 is 19.6. The molecule has 32 heavy (non-hydrogen) atoms. The number of unbranched alkanes of at least 4 members (excludes halogenated alkanes) is 1. The molecule has 0 radical (unpaired) electrons. The summed E-state index contributed by atoms with van der Waals surface area (Å²) >= 11 is 0. The van der Waals surface area contributed by atoms with Crippen molar-refractivity contribution in [2.24, 2.45) is 5.92 Å². The molecule has 2 heterocycles. The van der Waals surface area contributed by atoms with Crippen LogP contribution in [0.5, 0.6) is 5.75 Å². The van der Waals surface area contributed by atoms with Crippen molar-refractivity contribution in [3.8, 4) is 5.75 Å². The summed E-state index contributed by atoms with van der Waals surface area (Å²) in [6, 6.07) is 6.41. The zero-order chi connectivity index (χ0) is 22.5. The number of hydrogen-bond donors (Lipinski definition) is 2. The number of carbonyl (C=O) groups excluding carboxylic acids is 2. The van der Waals surface area contributed by atoms with Crippen molar-refractivity contribution in [2.75, 3.05) is 24.6 Å². The van der Waals surface area contributed by atoms with Crippen molar-refractivity contribution in [3.63, 3.8) is 0 Å². The van der Waals surface area contributed by atoms with Gasteiger partial charge in [-0.25, -0.2) is 19.2 Å². The number of hydrogen-bond acceptors (Lipinski definition) is 6. The summed E-state index contributed by atoms with van der Waals surface area (Å²) in [7, 11) is 0. The van der Waals surface area contributed by atoms with Gasteiger partial charge in [-0.2, -0.15) is 0 Å². The summed E-state index contributed by atoms with van der Waals surface area (Å²) in [6.45, 7) is 3.42. The summed E-state index contributed by atoms with van der Waals surface area (Å²) in [4.78, 5) is 32.8. The molecular weight excluding hydrogens is 413 g/mol. The number of nitrogens with one attached hydrogen (secondary N) is 2. The Morgan fingerprint density at radius 2 is 2.09 bits per heavy atom. The Labute approximate surface area is 186 Å². The van der Waals surface area contributed by atoms with E-state index in [1.807, 2.05) is 0 Å². The lowest BCUT2D eigenvalue weighted by Crippen LogP contribution is -2.28. The van der Waals surface area contributed by atoms with Gasteiger partial charge in [0.15, 0.2) is 11.6 Å². The van der Waals surface area contributed by atoms with E-state index < -0.39 is 6.03 Å². The van der Waals surface area contributed by atoms with E-state index in [0.29, 0.717) is 24.1 Å². The van der Waals surface area contributed by atoms with Crippen LogP contribution in [0.3, 0.4) is 0 Å². The zero-order valence-corrected chi connectivity index (χ0v) is 18.1. The third kappa shape index (κ3) is 5.79. The van der Waals surface area contributed by atoms with Gasteiger partial charge in [-0.3, -0.25) is 15.0 Å². The number of nitrogens with zero attached hydrogens (tertiary/aromatic N) is 3. The van der Waals surface area contributed by atoms with Crippen LogP contribution in [0, 0.1) is 11.7 Å². The van der Waals surface area contributed by atoms with Gasteiger partial charge in [0, 0.05) is 17.8 Å². The average molecular weight is 442 g/mol. The fourth-order valence-electron chi connectivity index (χ4n) is 3.56. The highest BCUT2D eigenvalue weighted by Crippen LogP contribution is 2.31. The number of benzene rings is 1. The van der Waals surface area contributed by atoms with Crippen molar-refractivity contribution >= 4 is 17.8 Å². The van der Waals surface area contributed by atoms with Gasteiger partial charge in [0.1, 0.15) is 18.7 Å². The van der Waals surface area contributed by atoms with Crippen LogP contribution < -0.4 is 20.3 Å². The number of amides is 3. The van der Waals surface area contributed by atoms with Gasteiger partial charge in [-0.15, -0.1) is 0 Å². The highest BCUT2D eigenvalue weighted by atomic mass is 19.1. The molecule has 3 amide bonds. The van der Waals surface area contributed by atoms with E-state index in [-0.39, 0.29) is 24.3 Å². The molecule has 2 fully saturated rings. The maximum atomic E-state index is 14.0. The Kier molecular flexibility index (Phi) is 6.94. The predicted molar refractivity (Wildman–Crippen MR) is 117 cm³/mol. The third-order valence-electron chi connectivity index (χ3n) is 5.72. The number of imide groups is 1. The molecule has 0 unspecified atom stereocenters. The second-order valence-corrected chi connectivity index (χ2v) is 8.38. The van der Waals surface area contributed by atoms with E-state index in [4.69, 9.17) is 4.74 Å². The van der Waals surface area contributed by atoms with E-state index in [0.717, 1.165) is 37.1 Å². The molecule has 1 saturated carbocycles. The Morgan fingerprint density at radius 3 is 2.84 bits per heavy atom. The van der Waals surface area contributed by atoms with Gasteiger partial charge in [0.25, 0.3) is 0 Å². The second kappa shape index (κ2) is 10.0. The first kappa shape index (κ1) is 22.1. The highest BCUT2D eigenvalue weighted by molar-refractivity contribution is 6.11. The second-order valence-electron chi connectivity index (χ2n) is 8.38. The van der Waals surface area contributed by atoms with E-state index in [2.05, 4.69) is 27.5 Å². The van der Waals surface area contributed by atoms with Crippen LogP contribution in [-0.4, -0.2) is 41.6 Å². The Hall–Kier alpha value is -3.07. The molecule has 2 N–H and O–H groups in total. The molecule has 1 saturated heterocycles. The molecular formula is C23H28FN5O3. The number of rotatable bonds is 11. The first-order valence-corrected chi connectivity index (χ1v) is 11.1. The van der Waals surface area contributed by atoms with Gasteiger partial charge in [-0.05, 0) is 69.2 Å². The Balaban J connectivity index is 1.21. The van der Waals surface area contributed by atoms with Crippen LogP contribution in [0.2, 0.25) is 0 Å². The monoisotopic (exact) mass is 441 g/mol. The van der Waals surface area contributed by atoms with E-state index in [1.54, 1.807) is 18.2 Å². The van der Waals surface area contributed by atoms with E-state index in [9.17, 15) is 14.0 Å². The van der Waals surface area contributed by atoms with Crippen LogP contribution in [0.15, 0.2) is 30.6 Å². The lowest BCUT2D eigenvalue weighted by Gasteiger charge is -2.16. The number of aromatic nitrogens is 2. The molecule has 1 atom stereocenters. The van der Waals surface area contributed by atoms with Crippen molar-refractivity contribution in [1.82, 2.24) is 20.6 Å². The maximum absolute atomic E-state index is 14.0. The average Bonchev–Trinajstić information content (AvgIpc) is 3.55. The maximum Gasteiger partial charge on any atom is 0.330 e. The van der Waals surface area contributed by atoms with Gasteiger partial charge < -0.3 is 10.1 Å². The topological polar surface area (TPSA) is 96.5 Å². The summed E-state index contributed by atoms with van der Waals surface area (Å²) in [5.41, 5.74) is 1.82. The van der Waals surface area contributed by atoms with Crippen molar-refractivity contribution in [3.05, 3.63) is 47.7 Å². The lowest BCUT2D eigenvalue weighted by molar-refractivity contribution is -0.117. The normalized spacial score (nSPS) is 16.9. The Bertz CT molecular complexity index is 982. The van der Waals surface area contributed by atoms with Crippen LogP contribution in [0.4, 0.5) is 15.0 Å². The number of anilines is 1. The molecule has 2 aromatic rings. The minimum absolute atomic E-state index is 0.0200. The fraction of sp³-hybridized carbons (Fsp3) is 0.478. The van der Waals surface area contributed by atoms with E-state index >= 15 is 0 Å². The van der Waals surface area contributed by atoms with Crippen LogP contribution in [0.1, 0.15) is 49.9 Å². The summed E-state index contributed by atoms with van der Waals surface area (Å²) in [5, 5.41) is 5.71. The molecule has 2 aliphatic rings. The fourth-order valence-corrected chi connectivity index (χ4v) is 3.56. The zero-order valence-electron chi connectivity index (χ0n) is 18.1. The molecule has 4 rings (SSSR count). The quantitative estimate of drug-likeness (QED) is 0.411.